The van der Waals surface area contributed by atoms with Crippen LogP contribution >= 0.6 is 15.9 Å². The van der Waals surface area contributed by atoms with E-state index in [0.717, 1.165) is 41.6 Å². The van der Waals surface area contributed by atoms with E-state index in [2.05, 4.69) is 40.3 Å². The van der Waals surface area contributed by atoms with Gasteiger partial charge in [0, 0.05) is 22.5 Å². The van der Waals surface area contributed by atoms with Crippen molar-refractivity contribution in [2.24, 2.45) is 11.8 Å². The molecule has 1 fully saturated rings. The molecule has 0 spiro atoms. The van der Waals surface area contributed by atoms with Crippen LogP contribution in [0.25, 0.3) is 0 Å². The van der Waals surface area contributed by atoms with Crippen molar-refractivity contribution in [2.75, 3.05) is 13.2 Å². The molecule has 1 aromatic rings. The molecular formula is C15H20BrNO. The largest absolute Gasteiger partial charge is 0.493 e. The summed E-state index contributed by atoms with van der Waals surface area (Å²) in [4.78, 5) is 0. The van der Waals surface area contributed by atoms with Gasteiger partial charge in [0.1, 0.15) is 5.75 Å². The lowest BCUT2D eigenvalue weighted by atomic mass is 9.99. The average molecular weight is 310 g/mol. The fourth-order valence-electron chi connectivity index (χ4n) is 2.74. The zero-order valence-corrected chi connectivity index (χ0v) is 12.4. The second-order valence-corrected chi connectivity index (χ2v) is 6.51. The van der Waals surface area contributed by atoms with Gasteiger partial charge in [-0.25, -0.2) is 0 Å². The molecule has 0 saturated heterocycles. The number of hydrogen-bond donors (Lipinski definition) is 1. The van der Waals surface area contributed by atoms with Crippen molar-refractivity contribution < 1.29 is 4.74 Å². The summed E-state index contributed by atoms with van der Waals surface area (Å²) in [5.74, 6) is 2.82. The van der Waals surface area contributed by atoms with Crippen molar-refractivity contribution in [3.63, 3.8) is 0 Å². The molecule has 1 saturated carbocycles. The van der Waals surface area contributed by atoms with Crippen molar-refractivity contribution in [2.45, 2.75) is 32.2 Å². The van der Waals surface area contributed by atoms with Gasteiger partial charge in [0.05, 0.1) is 6.61 Å². The maximum Gasteiger partial charge on any atom is 0.124 e. The van der Waals surface area contributed by atoms with Gasteiger partial charge in [-0.1, -0.05) is 22.9 Å². The van der Waals surface area contributed by atoms with E-state index in [1.54, 1.807) is 0 Å². The Morgan fingerprint density at radius 1 is 1.39 bits per heavy atom. The van der Waals surface area contributed by atoms with Crippen molar-refractivity contribution in [1.82, 2.24) is 5.32 Å². The number of halogens is 1. The van der Waals surface area contributed by atoms with Crippen LogP contribution in [0.4, 0.5) is 0 Å². The Kier molecular flexibility index (Phi) is 3.62. The van der Waals surface area contributed by atoms with Crippen LogP contribution in [0.2, 0.25) is 0 Å². The Labute approximate surface area is 117 Å². The third-order valence-corrected chi connectivity index (χ3v) is 4.62. The maximum absolute atomic E-state index is 5.71. The lowest BCUT2D eigenvalue weighted by Gasteiger charge is -2.28. The summed E-state index contributed by atoms with van der Waals surface area (Å²) in [6, 6.07) is 6.76. The third-order valence-electron chi connectivity index (χ3n) is 4.12. The number of rotatable bonds is 4. The number of nitrogens with one attached hydrogen (secondary N) is 1. The van der Waals surface area contributed by atoms with E-state index in [1.165, 1.54) is 18.4 Å². The summed E-state index contributed by atoms with van der Waals surface area (Å²) in [7, 11) is 0. The monoisotopic (exact) mass is 309 g/mol. The van der Waals surface area contributed by atoms with Gasteiger partial charge >= 0.3 is 0 Å². The predicted molar refractivity (Wildman–Crippen MR) is 76.9 cm³/mol. The molecule has 2 nitrogen and oxygen atoms in total. The fraction of sp³-hybridized carbons (Fsp3) is 0.600. The third kappa shape index (κ3) is 2.72. The molecular weight excluding hydrogens is 290 g/mol. The van der Waals surface area contributed by atoms with Crippen LogP contribution in [0.1, 0.15) is 37.8 Å². The molecule has 1 N–H and O–H groups in total. The molecule has 98 valence electrons. The summed E-state index contributed by atoms with van der Waals surface area (Å²) in [5, 5.41) is 3.73. The van der Waals surface area contributed by atoms with Crippen molar-refractivity contribution >= 4 is 15.9 Å². The van der Waals surface area contributed by atoms with E-state index < -0.39 is 0 Å². The van der Waals surface area contributed by atoms with Crippen LogP contribution in [-0.2, 0) is 0 Å². The molecule has 2 atom stereocenters. The normalized spacial score (nSPS) is 24.2. The number of fused-ring (bicyclic) bond motifs is 1. The highest BCUT2D eigenvalue weighted by Gasteiger charge is 2.29. The molecule has 1 aliphatic carbocycles. The molecule has 1 heterocycles. The lowest BCUT2D eigenvalue weighted by molar-refractivity contribution is 0.247. The number of ether oxygens (including phenoxy) is 1. The highest BCUT2D eigenvalue weighted by Crippen LogP contribution is 2.37. The average Bonchev–Trinajstić information content (AvgIpc) is 3.20. The summed E-state index contributed by atoms with van der Waals surface area (Å²) in [5.41, 5.74) is 1.30. The Bertz CT molecular complexity index is 431. The zero-order chi connectivity index (χ0) is 12.5. The van der Waals surface area contributed by atoms with Crippen LogP contribution in [0.5, 0.6) is 5.75 Å². The second kappa shape index (κ2) is 5.22. The van der Waals surface area contributed by atoms with E-state index in [9.17, 15) is 0 Å². The highest BCUT2D eigenvalue weighted by molar-refractivity contribution is 9.10. The number of benzene rings is 1. The first kappa shape index (κ1) is 12.5. The van der Waals surface area contributed by atoms with E-state index in [1.807, 2.05) is 6.07 Å². The molecule has 2 unspecified atom stereocenters. The van der Waals surface area contributed by atoms with Gasteiger partial charge in [0.2, 0.25) is 0 Å². The Hall–Kier alpha value is -0.540. The van der Waals surface area contributed by atoms with Gasteiger partial charge in [-0.3, -0.25) is 0 Å². The molecule has 3 heteroatoms. The van der Waals surface area contributed by atoms with Crippen LogP contribution in [-0.4, -0.2) is 13.2 Å². The van der Waals surface area contributed by atoms with Gasteiger partial charge in [0.15, 0.2) is 0 Å². The topological polar surface area (TPSA) is 21.3 Å². The van der Waals surface area contributed by atoms with Gasteiger partial charge in [0.25, 0.3) is 0 Å². The summed E-state index contributed by atoms with van der Waals surface area (Å²) >= 11 is 3.55. The van der Waals surface area contributed by atoms with E-state index in [-0.39, 0.29) is 0 Å². The molecule has 1 aliphatic heterocycles. The van der Waals surface area contributed by atoms with Crippen LogP contribution in [0.3, 0.4) is 0 Å². The Balaban J connectivity index is 1.68. The van der Waals surface area contributed by atoms with Crippen molar-refractivity contribution in [3.05, 3.63) is 28.2 Å². The Morgan fingerprint density at radius 3 is 3.00 bits per heavy atom. The second-order valence-electron chi connectivity index (χ2n) is 5.59. The molecule has 0 amide bonds. The lowest BCUT2D eigenvalue weighted by Crippen LogP contribution is -2.31. The molecule has 0 bridgehead atoms. The first-order valence-corrected chi connectivity index (χ1v) is 7.69. The van der Waals surface area contributed by atoms with Gasteiger partial charge in [-0.05, 0) is 49.4 Å². The minimum Gasteiger partial charge on any atom is -0.493 e. The fourth-order valence-corrected chi connectivity index (χ4v) is 3.12. The highest BCUT2D eigenvalue weighted by atomic mass is 79.9. The van der Waals surface area contributed by atoms with E-state index in [4.69, 9.17) is 4.74 Å². The molecule has 3 rings (SSSR count). The van der Waals surface area contributed by atoms with Gasteiger partial charge < -0.3 is 10.1 Å². The van der Waals surface area contributed by atoms with Crippen LogP contribution in [0.15, 0.2) is 22.7 Å². The molecule has 0 aromatic heterocycles. The summed E-state index contributed by atoms with van der Waals surface area (Å²) in [6.07, 6.45) is 3.93. The quantitative estimate of drug-likeness (QED) is 0.910. The van der Waals surface area contributed by atoms with E-state index >= 15 is 0 Å². The molecule has 18 heavy (non-hydrogen) atoms. The molecule has 1 aromatic carbocycles. The Morgan fingerprint density at radius 2 is 2.22 bits per heavy atom. The molecule has 2 aliphatic rings. The van der Waals surface area contributed by atoms with E-state index in [0.29, 0.717) is 6.04 Å². The first-order valence-electron chi connectivity index (χ1n) is 6.89. The van der Waals surface area contributed by atoms with Crippen LogP contribution in [0, 0.1) is 11.8 Å². The van der Waals surface area contributed by atoms with Gasteiger partial charge in [-0.2, -0.15) is 0 Å². The number of hydrogen-bond acceptors (Lipinski definition) is 2. The standard InChI is InChI=1S/C15H20BrNO/c1-10(11-2-3-11)9-17-14-6-7-18-15-5-4-12(16)8-13(14)15/h4-5,8,10-11,14,17H,2-3,6-7,9H2,1H3. The smallest absolute Gasteiger partial charge is 0.124 e. The van der Waals surface area contributed by atoms with Crippen LogP contribution < -0.4 is 10.1 Å². The summed E-state index contributed by atoms with van der Waals surface area (Å²) < 4.78 is 6.85. The SMILES string of the molecule is CC(CNC1CCOc2ccc(Br)cc21)C1CC1. The van der Waals surface area contributed by atoms with Gasteiger partial charge in [-0.15, -0.1) is 0 Å². The van der Waals surface area contributed by atoms with Crippen molar-refractivity contribution in [1.29, 1.82) is 0 Å². The first-order chi connectivity index (χ1) is 8.74. The molecule has 0 radical (unpaired) electrons. The van der Waals surface area contributed by atoms with Crippen molar-refractivity contribution in [3.8, 4) is 5.75 Å². The summed E-state index contributed by atoms with van der Waals surface area (Å²) in [6.45, 7) is 4.32. The minimum atomic E-state index is 0.451. The minimum absolute atomic E-state index is 0.451. The zero-order valence-electron chi connectivity index (χ0n) is 10.8. The predicted octanol–water partition coefficient (Wildman–Crippen LogP) is 3.91. The maximum atomic E-state index is 5.71.